The SMILES string of the molecule is CCN1C(=O)CC(Nc2cc(OC)c(Cl)cc2OC)C1=O. The largest absolute Gasteiger partial charge is 0.495 e. The zero-order valence-corrected chi connectivity index (χ0v) is 12.9. The first-order valence-corrected chi connectivity index (χ1v) is 6.91. The van der Waals surface area contributed by atoms with Crippen molar-refractivity contribution in [3.8, 4) is 11.5 Å². The van der Waals surface area contributed by atoms with Gasteiger partial charge in [0.25, 0.3) is 5.91 Å². The van der Waals surface area contributed by atoms with Gasteiger partial charge in [-0.3, -0.25) is 14.5 Å². The second kappa shape index (κ2) is 6.22. The molecule has 1 saturated heterocycles. The first kappa shape index (κ1) is 15.4. The zero-order valence-electron chi connectivity index (χ0n) is 12.1. The van der Waals surface area contributed by atoms with Gasteiger partial charge >= 0.3 is 0 Å². The normalized spacial score (nSPS) is 18.1. The highest BCUT2D eigenvalue weighted by Gasteiger charge is 2.37. The predicted molar refractivity (Wildman–Crippen MR) is 79.0 cm³/mol. The van der Waals surface area contributed by atoms with Crippen molar-refractivity contribution in [2.45, 2.75) is 19.4 Å². The van der Waals surface area contributed by atoms with Crippen molar-refractivity contribution in [2.75, 3.05) is 26.1 Å². The lowest BCUT2D eigenvalue weighted by Crippen LogP contribution is -2.34. The van der Waals surface area contributed by atoms with Crippen molar-refractivity contribution in [2.24, 2.45) is 0 Å². The quantitative estimate of drug-likeness (QED) is 0.841. The van der Waals surface area contributed by atoms with Gasteiger partial charge in [-0.25, -0.2) is 0 Å². The minimum absolute atomic E-state index is 0.126. The molecule has 1 aromatic carbocycles. The van der Waals surface area contributed by atoms with E-state index in [-0.39, 0.29) is 18.2 Å². The number of likely N-dealkylation sites (N-methyl/N-ethyl adjacent to an activating group) is 1. The molecule has 2 rings (SSSR count). The number of hydrogen-bond donors (Lipinski definition) is 1. The van der Waals surface area contributed by atoms with Gasteiger partial charge in [0.15, 0.2) is 0 Å². The number of halogens is 1. The number of imide groups is 1. The minimum Gasteiger partial charge on any atom is -0.495 e. The molecule has 114 valence electrons. The Kier molecular flexibility index (Phi) is 4.57. The predicted octanol–water partition coefficient (Wildman–Crippen LogP) is 1.92. The molecular formula is C14H17ClN2O4. The Bertz CT molecular complexity index is 576. The van der Waals surface area contributed by atoms with Crippen molar-refractivity contribution in [3.63, 3.8) is 0 Å². The van der Waals surface area contributed by atoms with Gasteiger partial charge in [-0.2, -0.15) is 0 Å². The number of anilines is 1. The van der Waals surface area contributed by atoms with Crippen LogP contribution in [0.2, 0.25) is 5.02 Å². The highest BCUT2D eigenvalue weighted by molar-refractivity contribution is 6.32. The molecule has 0 spiro atoms. The summed E-state index contributed by atoms with van der Waals surface area (Å²) < 4.78 is 10.4. The standard InChI is InChI=1S/C14H17ClN2O4/c1-4-17-13(18)7-10(14(17)19)16-9-6-11(20-2)8(15)5-12(9)21-3/h5-6,10,16H,4,7H2,1-3H3. The van der Waals surface area contributed by atoms with Crippen LogP contribution < -0.4 is 14.8 Å². The number of nitrogens with zero attached hydrogens (tertiary/aromatic N) is 1. The number of hydrogen-bond acceptors (Lipinski definition) is 5. The molecule has 21 heavy (non-hydrogen) atoms. The van der Waals surface area contributed by atoms with Gasteiger partial charge in [0.1, 0.15) is 17.5 Å². The van der Waals surface area contributed by atoms with Crippen molar-refractivity contribution in [1.82, 2.24) is 4.90 Å². The fourth-order valence-electron chi connectivity index (χ4n) is 2.29. The van der Waals surface area contributed by atoms with Crippen LogP contribution in [-0.4, -0.2) is 43.5 Å². The number of methoxy groups -OCH3 is 2. The number of carbonyl (C=O) groups excluding carboxylic acids is 2. The molecular weight excluding hydrogens is 296 g/mol. The maximum Gasteiger partial charge on any atom is 0.252 e. The molecule has 1 aliphatic rings. The van der Waals surface area contributed by atoms with Crippen molar-refractivity contribution in [3.05, 3.63) is 17.2 Å². The van der Waals surface area contributed by atoms with Gasteiger partial charge in [0.2, 0.25) is 5.91 Å². The second-order valence-electron chi connectivity index (χ2n) is 4.56. The van der Waals surface area contributed by atoms with Crippen LogP contribution in [0.3, 0.4) is 0 Å². The Labute approximate surface area is 128 Å². The Morgan fingerprint density at radius 1 is 1.29 bits per heavy atom. The molecule has 1 N–H and O–H groups in total. The van der Waals surface area contributed by atoms with Gasteiger partial charge in [0.05, 0.1) is 31.4 Å². The summed E-state index contributed by atoms with van der Waals surface area (Å²) in [5, 5.41) is 3.44. The van der Waals surface area contributed by atoms with Gasteiger partial charge in [-0.15, -0.1) is 0 Å². The summed E-state index contributed by atoms with van der Waals surface area (Å²) in [6, 6.07) is 2.65. The second-order valence-corrected chi connectivity index (χ2v) is 4.97. The third-order valence-corrected chi connectivity index (χ3v) is 3.66. The van der Waals surface area contributed by atoms with Crippen LogP contribution in [0.1, 0.15) is 13.3 Å². The van der Waals surface area contributed by atoms with E-state index in [9.17, 15) is 9.59 Å². The van der Waals surface area contributed by atoms with Gasteiger partial charge in [-0.1, -0.05) is 11.6 Å². The molecule has 1 atom stereocenters. The Balaban J connectivity index is 2.27. The van der Waals surface area contributed by atoms with E-state index in [2.05, 4.69) is 5.32 Å². The molecule has 0 radical (unpaired) electrons. The molecule has 1 aromatic rings. The lowest BCUT2D eigenvalue weighted by atomic mass is 10.2. The first-order valence-electron chi connectivity index (χ1n) is 6.54. The number of rotatable bonds is 5. The fraction of sp³-hybridized carbons (Fsp3) is 0.429. The smallest absolute Gasteiger partial charge is 0.252 e. The van der Waals surface area contributed by atoms with Crippen molar-refractivity contribution >= 4 is 29.1 Å². The van der Waals surface area contributed by atoms with Crippen molar-refractivity contribution < 1.29 is 19.1 Å². The topological polar surface area (TPSA) is 67.9 Å². The summed E-state index contributed by atoms with van der Waals surface area (Å²) in [5.74, 6) is 0.526. The summed E-state index contributed by atoms with van der Waals surface area (Å²) in [7, 11) is 3.00. The highest BCUT2D eigenvalue weighted by Crippen LogP contribution is 2.36. The van der Waals surface area contributed by atoms with E-state index < -0.39 is 6.04 Å². The van der Waals surface area contributed by atoms with E-state index in [0.29, 0.717) is 28.8 Å². The molecule has 0 aromatic heterocycles. The summed E-state index contributed by atoms with van der Waals surface area (Å²) in [6.07, 6.45) is 0.126. The van der Waals surface area contributed by atoms with Crippen LogP contribution in [0, 0.1) is 0 Å². The van der Waals surface area contributed by atoms with E-state index in [1.54, 1.807) is 19.1 Å². The number of ether oxygens (including phenoxy) is 2. The van der Waals surface area contributed by atoms with Crippen LogP contribution in [0.25, 0.3) is 0 Å². The van der Waals surface area contributed by atoms with E-state index >= 15 is 0 Å². The zero-order chi connectivity index (χ0) is 15.6. The summed E-state index contributed by atoms with van der Waals surface area (Å²) in [6.45, 7) is 2.14. The summed E-state index contributed by atoms with van der Waals surface area (Å²) >= 11 is 6.03. The average molecular weight is 313 g/mol. The van der Waals surface area contributed by atoms with Crippen LogP contribution in [0.5, 0.6) is 11.5 Å². The lowest BCUT2D eigenvalue weighted by Gasteiger charge is -2.17. The van der Waals surface area contributed by atoms with E-state index in [1.165, 1.54) is 19.1 Å². The third kappa shape index (κ3) is 2.90. The molecule has 6 nitrogen and oxygen atoms in total. The Morgan fingerprint density at radius 2 is 1.95 bits per heavy atom. The average Bonchev–Trinajstić information content (AvgIpc) is 2.74. The third-order valence-electron chi connectivity index (χ3n) is 3.36. The summed E-state index contributed by atoms with van der Waals surface area (Å²) in [4.78, 5) is 25.1. The fourth-order valence-corrected chi connectivity index (χ4v) is 2.52. The maximum absolute atomic E-state index is 12.1. The number of nitrogens with one attached hydrogen (secondary N) is 1. The molecule has 1 fully saturated rings. The number of amides is 2. The molecule has 0 aliphatic carbocycles. The molecule has 1 aliphatic heterocycles. The number of likely N-dealkylation sites (tertiary alicyclic amines) is 1. The molecule has 1 unspecified atom stereocenters. The lowest BCUT2D eigenvalue weighted by molar-refractivity contribution is -0.138. The van der Waals surface area contributed by atoms with E-state index in [4.69, 9.17) is 21.1 Å². The molecule has 0 bridgehead atoms. The van der Waals surface area contributed by atoms with Gasteiger partial charge < -0.3 is 14.8 Å². The Morgan fingerprint density at radius 3 is 2.48 bits per heavy atom. The van der Waals surface area contributed by atoms with Crippen LogP contribution >= 0.6 is 11.6 Å². The molecule has 7 heteroatoms. The first-order chi connectivity index (χ1) is 10.0. The molecule has 1 heterocycles. The maximum atomic E-state index is 12.1. The van der Waals surface area contributed by atoms with E-state index in [1.807, 2.05) is 0 Å². The Hall–Kier alpha value is -1.95. The van der Waals surface area contributed by atoms with Gasteiger partial charge in [-0.05, 0) is 6.92 Å². The number of benzene rings is 1. The monoisotopic (exact) mass is 312 g/mol. The van der Waals surface area contributed by atoms with Crippen LogP contribution in [0.15, 0.2) is 12.1 Å². The molecule has 0 saturated carbocycles. The van der Waals surface area contributed by atoms with Crippen LogP contribution in [0.4, 0.5) is 5.69 Å². The summed E-state index contributed by atoms with van der Waals surface area (Å²) in [5.41, 5.74) is 0.558. The van der Waals surface area contributed by atoms with E-state index in [0.717, 1.165) is 0 Å². The number of carbonyl (C=O) groups is 2. The van der Waals surface area contributed by atoms with Crippen LogP contribution in [-0.2, 0) is 9.59 Å². The highest BCUT2D eigenvalue weighted by atomic mass is 35.5. The molecule has 2 amide bonds. The minimum atomic E-state index is -0.600. The van der Waals surface area contributed by atoms with Crippen molar-refractivity contribution in [1.29, 1.82) is 0 Å². The van der Waals surface area contributed by atoms with Gasteiger partial charge in [0, 0.05) is 18.7 Å².